The van der Waals surface area contributed by atoms with Gasteiger partial charge in [-0.25, -0.2) is 8.42 Å². The van der Waals surface area contributed by atoms with Crippen LogP contribution in [-0.2, 0) is 16.6 Å². The molecule has 11 heteroatoms. The van der Waals surface area contributed by atoms with Crippen LogP contribution in [0.1, 0.15) is 34.3 Å². The van der Waals surface area contributed by atoms with Crippen LogP contribution in [-0.4, -0.2) is 56.5 Å². The molecule has 2 aromatic rings. The second kappa shape index (κ2) is 9.80. The van der Waals surface area contributed by atoms with E-state index in [0.29, 0.717) is 42.0 Å². The van der Waals surface area contributed by atoms with E-state index in [1.807, 2.05) is 6.07 Å². The van der Waals surface area contributed by atoms with E-state index >= 15 is 0 Å². The quantitative estimate of drug-likeness (QED) is 0.603. The molecule has 0 N–H and O–H groups in total. The van der Waals surface area contributed by atoms with Crippen molar-refractivity contribution in [1.82, 2.24) is 9.21 Å². The number of hydrogen-bond acceptors (Lipinski definition) is 5. The summed E-state index contributed by atoms with van der Waals surface area (Å²) in [5.41, 5.74) is 0.524. The molecule has 0 aromatic heterocycles. The molecule has 0 spiro atoms. The molecule has 0 atom stereocenters. The Labute approximate surface area is 190 Å². The van der Waals surface area contributed by atoms with Crippen LogP contribution in [0.2, 0.25) is 0 Å². The lowest BCUT2D eigenvalue weighted by atomic mass is 10.1. The predicted octanol–water partition coefficient (Wildman–Crippen LogP) is 3.56. The minimum absolute atomic E-state index is 0.00733. The Kier molecular flexibility index (Phi) is 7.29. The molecule has 1 aliphatic rings. The van der Waals surface area contributed by atoms with E-state index < -0.39 is 28.7 Å². The zero-order valence-corrected chi connectivity index (χ0v) is 18.6. The Hall–Kier alpha value is -3.10. The number of sulfonamides is 1. The van der Waals surface area contributed by atoms with Crippen molar-refractivity contribution in [2.24, 2.45) is 0 Å². The molecule has 0 aliphatic carbocycles. The van der Waals surface area contributed by atoms with E-state index in [1.54, 1.807) is 0 Å². The van der Waals surface area contributed by atoms with Crippen LogP contribution in [0, 0.1) is 11.3 Å². The molecular formula is C22H22F3N3O4S. The minimum Gasteiger partial charge on any atom is -0.495 e. The number of methoxy groups -OCH3 is 1. The number of nitriles is 1. The first-order chi connectivity index (χ1) is 15.5. The monoisotopic (exact) mass is 481 g/mol. The van der Waals surface area contributed by atoms with Crippen molar-refractivity contribution in [2.45, 2.75) is 30.5 Å². The predicted molar refractivity (Wildman–Crippen MR) is 113 cm³/mol. The maximum atomic E-state index is 13.2. The lowest BCUT2D eigenvalue weighted by Gasteiger charge is -2.25. The average Bonchev–Trinajstić information content (AvgIpc) is 3.33. The molecule has 1 saturated heterocycles. The summed E-state index contributed by atoms with van der Waals surface area (Å²) in [5, 5.41) is 8.89. The first-order valence-electron chi connectivity index (χ1n) is 10.1. The highest BCUT2D eigenvalue weighted by Gasteiger charge is 2.35. The van der Waals surface area contributed by atoms with Gasteiger partial charge in [-0.3, -0.25) is 4.79 Å². The zero-order chi connectivity index (χ0) is 24.2. The molecule has 1 fully saturated rings. The Morgan fingerprint density at radius 3 is 2.33 bits per heavy atom. The summed E-state index contributed by atoms with van der Waals surface area (Å²) in [4.78, 5) is 13.4. The summed E-state index contributed by atoms with van der Waals surface area (Å²) in [6.07, 6.45) is -3.27. The van der Waals surface area contributed by atoms with Crippen molar-refractivity contribution in [2.75, 3.05) is 26.7 Å². The van der Waals surface area contributed by atoms with Crippen molar-refractivity contribution in [1.29, 1.82) is 5.26 Å². The second-order valence-corrected chi connectivity index (χ2v) is 9.47. The summed E-state index contributed by atoms with van der Waals surface area (Å²) in [6.45, 7) is -1.25. The van der Waals surface area contributed by atoms with Gasteiger partial charge in [0.15, 0.2) is 0 Å². The van der Waals surface area contributed by atoms with Crippen molar-refractivity contribution < 1.29 is 31.1 Å². The molecule has 7 nitrogen and oxygen atoms in total. The molecule has 2 aromatic carbocycles. The lowest BCUT2D eigenvalue weighted by Crippen LogP contribution is -2.38. The molecule has 0 radical (unpaired) electrons. The van der Waals surface area contributed by atoms with E-state index in [1.165, 1.54) is 47.8 Å². The van der Waals surface area contributed by atoms with Crippen LogP contribution >= 0.6 is 0 Å². The Bertz CT molecular complexity index is 1150. The van der Waals surface area contributed by atoms with Crippen LogP contribution < -0.4 is 4.74 Å². The summed E-state index contributed by atoms with van der Waals surface area (Å²) in [7, 11) is -2.70. The molecule has 1 heterocycles. The fourth-order valence-electron chi connectivity index (χ4n) is 3.58. The highest BCUT2D eigenvalue weighted by molar-refractivity contribution is 7.89. The highest BCUT2D eigenvalue weighted by Crippen LogP contribution is 2.31. The average molecular weight is 481 g/mol. The number of benzene rings is 2. The number of carbonyl (C=O) groups is 1. The maximum Gasteiger partial charge on any atom is 0.406 e. The van der Waals surface area contributed by atoms with Gasteiger partial charge in [0.25, 0.3) is 5.91 Å². The topological polar surface area (TPSA) is 90.7 Å². The summed E-state index contributed by atoms with van der Waals surface area (Å²) in [6, 6.07) is 11.3. The fourth-order valence-corrected chi connectivity index (χ4v) is 5.28. The molecule has 0 unspecified atom stereocenters. The SMILES string of the molecule is COc1ccc(C(=O)N(Cc2ccc(C#N)cc2)CC(F)(F)F)cc1S(=O)(=O)N1CCCC1. The third kappa shape index (κ3) is 5.83. The summed E-state index contributed by atoms with van der Waals surface area (Å²) >= 11 is 0. The van der Waals surface area contributed by atoms with E-state index in [9.17, 15) is 26.4 Å². The second-order valence-electron chi connectivity index (χ2n) is 7.56. The van der Waals surface area contributed by atoms with E-state index in [0.717, 1.165) is 6.07 Å². The summed E-state index contributed by atoms with van der Waals surface area (Å²) in [5.74, 6) is -0.967. The van der Waals surface area contributed by atoms with Gasteiger partial charge >= 0.3 is 6.18 Å². The number of amides is 1. The van der Waals surface area contributed by atoms with Crippen LogP contribution in [0.5, 0.6) is 5.75 Å². The highest BCUT2D eigenvalue weighted by atomic mass is 32.2. The molecule has 0 bridgehead atoms. The van der Waals surface area contributed by atoms with Gasteiger partial charge in [-0.1, -0.05) is 12.1 Å². The molecule has 3 rings (SSSR count). The van der Waals surface area contributed by atoms with Crippen molar-refractivity contribution in [3.05, 3.63) is 59.2 Å². The van der Waals surface area contributed by atoms with Crippen molar-refractivity contribution in [3.8, 4) is 11.8 Å². The van der Waals surface area contributed by atoms with Crippen LogP contribution in [0.25, 0.3) is 0 Å². The number of rotatable bonds is 7. The van der Waals surface area contributed by atoms with Crippen molar-refractivity contribution in [3.63, 3.8) is 0 Å². The molecule has 1 amide bonds. The Morgan fingerprint density at radius 1 is 1.15 bits per heavy atom. The number of carbonyl (C=O) groups excluding carboxylic acids is 1. The maximum absolute atomic E-state index is 13.2. The number of halogens is 3. The Balaban J connectivity index is 1.97. The molecule has 1 aliphatic heterocycles. The van der Waals surface area contributed by atoms with Gasteiger partial charge < -0.3 is 9.64 Å². The van der Waals surface area contributed by atoms with Crippen LogP contribution in [0.3, 0.4) is 0 Å². The lowest BCUT2D eigenvalue weighted by molar-refractivity contribution is -0.141. The normalized spacial score (nSPS) is 14.6. The number of alkyl halides is 3. The molecule has 176 valence electrons. The molecule has 33 heavy (non-hydrogen) atoms. The van der Waals surface area contributed by atoms with E-state index in [-0.39, 0.29) is 22.8 Å². The van der Waals surface area contributed by atoms with E-state index in [2.05, 4.69) is 0 Å². The smallest absolute Gasteiger partial charge is 0.406 e. The van der Waals surface area contributed by atoms with Crippen LogP contribution in [0.4, 0.5) is 13.2 Å². The number of hydrogen-bond donors (Lipinski definition) is 0. The largest absolute Gasteiger partial charge is 0.495 e. The zero-order valence-electron chi connectivity index (χ0n) is 17.8. The van der Waals surface area contributed by atoms with Gasteiger partial charge in [0.1, 0.15) is 17.2 Å². The Morgan fingerprint density at radius 2 is 1.79 bits per heavy atom. The first kappa shape index (κ1) is 24.5. The van der Waals surface area contributed by atoms with Gasteiger partial charge in [-0.15, -0.1) is 0 Å². The fraction of sp³-hybridized carbons (Fsp3) is 0.364. The van der Waals surface area contributed by atoms with E-state index in [4.69, 9.17) is 10.00 Å². The number of ether oxygens (including phenoxy) is 1. The number of nitrogens with zero attached hydrogens (tertiary/aromatic N) is 3. The van der Waals surface area contributed by atoms with Crippen molar-refractivity contribution >= 4 is 15.9 Å². The van der Waals surface area contributed by atoms with Gasteiger partial charge in [0.2, 0.25) is 10.0 Å². The third-order valence-electron chi connectivity index (χ3n) is 5.21. The van der Waals surface area contributed by atoms with Gasteiger partial charge in [-0.05, 0) is 48.7 Å². The van der Waals surface area contributed by atoms with Gasteiger partial charge in [0, 0.05) is 25.2 Å². The minimum atomic E-state index is -4.67. The first-order valence-corrected chi connectivity index (χ1v) is 11.5. The van der Waals surface area contributed by atoms with Gasteiger partial charge in [-0.2, -0.15) is 22.7 Å². The van der Waals surface area contributed by atoms with Crippen LogP contribution in [0.15, 0.2) is 47.4 Å². The third-order valence-corrected chi connectivity index (χ3v) is 7.13. The van der Waals surface area contributed by atoms with Gasteiger partial charge in [0.05, 0.1) is 18.7 Å². The molecular weight excluding hydrogens is 459 g/mol. The molecule has 0 saturated carbocycles. The standard InChI is InChI=1S/C22H22F3N3O4S/c1-32-19-9-8-18(12-20(19)33(30,31)28-10-2-3-11-28)21(29)27(15-22(23,24)25)14-17-6-4-16(13-26)5-7-17/h4-9,12H,2-3,10-11,14-15H2,1H3. The summed E-state index contributed by atoms with van der Waals surface area (Å²) < 4.78 is 72.2.